The van der Waals surface area contributed by atoms with Crippen molar-refractivity contribution in [1.29, 1.82) is 0 Å². The molecule has 1 fully saturated rings. The maximum absolute atomic E-state index is 12.6. The molecule has 0 spiro atoms. The first kappa shape index (κ1) is 15.9. The number of Topliss-reactive ketones (excluding diaryl/α,β-unsaturated/α-hetero) is 2. The maximum atomic E-state index is 12.6. The number of carbonyl (C=O) groups is 2. The van der Waals surface area contributed by atoms with E-state index in [4.69, 9.17) is 0 Å². The molecule has 0 bridgehead atoms. The van der Waals surface area contributed by atoms with E-state index in [1.54, 1.807) is 0 Å². The van der Waals surface area contributed by atoms with Crippen molar-refractivity contribution in [2.45, 2.75) is 46.1 Å². The van der Waals surface area contributed by atoms with Gasteiger partial charge in [0.25, 0.3) is 0 Å². The van der Waals surface area contributed by atoms with Gasteiger partial charge < -0.3 is 0 Å². The monoisotopic (exact) mass is 287 g/mol. The Bertz CT molecular complexity index is 506. The molecule has 2 atom stereocenters. The van der Waals surface area contributed by atoms with Gasteiger partial charge in [-0.25, -0.2) is 0 Å². The molecule has 1 saturated heterocycles. The van der Waals surface area contributed by atoms with Crippen molar-refractivity contribution >= 4 is 11.6 Å². The third kappa shape index (κ3) is 3.59. The summed E-state index contributed by atoms with van der Waals surface area (Å²) in [6.07, 6.45) is 2.42. The lowest BCUT2D eigenvalue weighted by atomic mass is 9.92. The first-order valence-corrected chi connectivity index (χ1v) is 7.96. The molecule has 1 aliphatic rings. The van der Waals surface area contributed by atoms with Crippen LogP contribution in [0.4, 0.5) is 0 Å². The molecule has 0 radical (unpaired) electrons. The number of piperidine rings is 1. The lowest BCUT2D eigenvalue weighted by molar-refractivity contribution is -0.126. The molecular weight excluding hydrogens is 262 g/mol. The summed E-state index contributed by atoms with van der Waals surface area (Å²) in [4.78, 5) is 26.5. The Morgan fingerprint density at radius 2 is 1.95 bits per heavy atom. The topological polar surface area (TPSA) is 37.4 Å². The van der Waals surface area contributed by atoms with Gasteiger partial charge in [0.05, 0.1) is 6.04 Å². The molecule has 2 unspecified atom stereocenters. The van der Waals surface area contributed by atoms with E-state index >= 15 is 0 Å². The van der Waals surface area contributed by atoms with Gasteiger partial charge in [-0.15, -0.1) is 0 Å². The minimum Gasteiger partial charge on any atom is -0.299 e. The summed E-state index contributed by atoms with van der Waals surface area (Å²) in [7, 11) is 0. The molecule has 1 aromatic rings. The number of aryl methyl sites for hydroxylation is 1. The molecule has 0 amide bonds. The zero-order chi connectivity index (χ0) is 15.4. The lowest BCUT2D eigenvalue weighted by Gasteiger charge is -2.35. The molecular formula is C18H25NO2. The number of benzene rings is 1. The second-order valence-corrected chi connectivity index (χ2v) is 5.91. The zero-order valence-electron chi connectivity index (χ0n) is 13.3. The maximum Gasteiger partial charge on any atom is 0.179 e. The van der Waals surface area contributed by atoms with Gasteiger partial charge in [0.2, 0.25) is 0 Å². The molecule has 0 saturated carbocycles. The standard InChI is InChI=1S/C18H25NO2/c1-4-14-6-8-16(9-7-14)18(21)13(3)19-11-10-17(20)15(5-2)12-19/h6-9,13,15H,4-5,10-12H2,1-3H3. The molecule has 0 aromatic heterocycles. The van der Waals surface area contributed by atoms with Crippen molar-refractivity contribution < 1.29 is 9.59 Å². The molecule has 3 heteroatoms. The predicted octanol–water partition coefficient (Wildman–Crippen LogP) is 3.12. The molecule has 0 N–H and O–H groups in total. The fourth-order valence-electron chi connectivity index (χ4n) is 2.95. The van der Waals surface area contributed by atoms with E-state index < -0.39 is 0 Å². The number of ketones is 2. The second-order valence-electron chi connectivity index (χ2n) is 5.91. The van der Waals surface area contributed by atoms with Gasteiger partial charge in [0.1, 0.15) is 5.78 Å². The zero-order valence-corrected chi connectivity index (χ0v) is 13.3. The van der Waals surface area contributed by atoms with Crippen LogP contribution in [0, 0.1) is 5.92 Å². The highest BCUT2D eigenvalue weighted by Gasteiger charge is 2.31. The number of likely N-dealkylation sites (tertiary alicyclic amines) is 1. The fraction of sp³-hybridized carbons (Fsp3) is 0.556. The van der Waals surface area contributed by atoms with Crippen LogP contribution in [0.2, 0.25) is 0 Å². The molecule has 1 aromatic carbocycles. The van der Waals surface area contributed by atoms with Crippen LogP contribution < -0.4 is 0 Å². The van der Waals surface area contributed by atoms with Crippen molar-refractivity contribution in [2.75, 3.05) is 13.1 Å². The summed E-state index contributed by atoms with van der Waals surface area (Å²) < 4.78 is 0. The van der Waals surface area contributed by atoms with E-state index in [9.17, 15) is 9.59 Å². The largest absolute Gasteiger partial charge is 0.299 e. The van der Waals surface area contributed by atoms with E-state index in [2.05, 4.69) is 11.8 Å². The summed E-state index contributed by atoms with van der Waals surface area (Å²) in [5.41, 5.74) is 2.01. The van der Waals surface area contributed by atoms with Gasteiger partial charge in [0.15, 0.2) is 5.78 Å². The molecule has 2 rings (SSSR count). The summed E-state index contributed by atoms with van der Waals surface area (Å²) in [6.45, 7) is 7.53. The van der Waals surface area contributed by atoms with E-state index in [1.165, 1.54) is 5.56 Å². The minimum atomic E-state index is -0.153. The van der Waals surface area contributed by atoms with Crippen molar-refractivity contribution in [1.82, 2.24) is 4.90 Å². The highest BCUT2D eigenvalue weighted by atomic mass is 16.1. The predicted molar refractivity (Wildman–Crippen MR) is 84.6 cm³/mol. The first-order chi connectivity index (χ1) is 10.1. The van der Waals surface area contributed by atoms with Crippen LogP contribution in [-0.4, -0.2) is 35.6 Å². The van der Waals surface area contributed by atoms with Crippen LogP contribution in [-0.2, 0) is 11.2 Å². The highest BCUT2D eigenvalue weighted by molar-refractivity contribution is 6.00. The van der Waals surface area contributed by atoms with Crippen LogP contribution >= 0.6 is 0 Å². The van der Waals surface area contributed by atoms with Gasteiger partial charge in [-0.3, -0.25) is 14.5 Å². The SMILES string of the molecule is CCc1ccc(C(=O)C(C)N2CCC(=O)C(CC)C2)cc1. The van der Waals surface area contributed by atoms with Crippen LogP contribution in [0.5, 0.6) is 0 Å². The quantitative estimate of drug-likeness (QED) is 0.781. The summed E-state index contributed by atoms with van der Waals surface area (Å²) in [6, 6.07) is 7.73. The van der Waals surface area contributed by atoms with Crippen molar-refractivity contribution in [3.8, 4) is 0 Å². The third-order valence-electron chi connectivity index (χ3n) is 4.62. The van der Waals surface area contributed by atoms with Crippen LogP contribution in [0.25, 0.3) is 0 Å². The normalized spacial score (nSPS) is 21.3. The van der Waals surface area contributed by atoms with Gasteiger partial charge in [0, 0.05) is 31.0 Å². The Labute approximate surface area is 127 Å². The van der Waals surface area contributed by atoms with E-state index in [0.29, 0.717) is 18.7 Å². The molecule has 3 nitrogen and oxygen atoms in total. The van der Waals surface area contributed by atoms with Crippen LogP contribution in [0.1, 0.15) is 49.5 Å². The number of hydrogen-bond donors (Lipinski definition) is 0. The second kappa shape index (κ2) is 6.99. The Balaban J connectivity index is 2.06. The molecule has 1 heterocycles. The van der Waals surface area contributed by atoms with Crippen molar-refractivity contribution in [2.24, 2.45) is 5.92 Å². The van der Waals surface area contributed by atoms with Crippen LogP contribution in [0.15, 0.2) is 24.3 Å². The third-order valence-corrected chi connectivity index (χ3v) is 4.62. The lowest BCUT2D eigenvalue weighted by Crippen LogP contribution is -2.48. The smallest absolute Gasteiger partial charge is 0.179 e. The Morgan fingerprint density at radius 3 is 2.52 bits per heavy atom. The number of hydrogen-bond acceptors (Lipinski definition) is 3. The van der Waals surface area contributed by atoms with Gasteiger partial charge in [-0.1, -0.05) is 38.1 Å². The van der Waals surface area contributed by atoms with Crippen molar-refractivity contribution in [3.63, 3.8) is 0 Å². The first-order valence-electron chi connectivity index (χ1n) is 7.96. The van der Waals surface area contributed by atoms with E-state index in [0.717, 1.165) is 24.9 Å². The van der Waals surface area contributed by atoms with Crippen LogP contribution in [0.3, 0.4) is 0 Å². The average Bonchev–Trinajstić information content (AvgIpc) is 2.54. The fourth-order valence-corrected chi connectivity index (χ4v) is 2.95. The molecule has 0 aliphatic carbocycles. The summed E-state index contributed by atoms with van der Waals surface area (Å²) in [5.74, 6) is 0.596. The van der Waals surface area contributed by atoms with Gasteiger partial charge >= 0.3 is 0 Å². The minimum absolute atomic E-state index is 0.0940. The van der Waals surface area contributed by atoms with Crippen molar-refractivity contribution in [3.05, 3.63) is 35.4 Å². The molecule has 21 heavy (non-hydrogen) atoms. The highest BCUT2D eigenvalue weighted by Crippen LogP contribution is 2.20. The Kier molecular flexibility index (Phi) is 5.29. The Morgan fingerprint density at radius 1 is 1.29 bits per heavy atom. The summed E-state index contributed by atoms with van der Waals surface area (Å²) in [5, 5.41) is 0. The Hall–Kier alpha value is -1.48. The number of nitrogens with zero attached hydrogens (tertiary/aromatic N) is 1. The average molecular weight is 287 g/mol. The number of carbonyl (C=O) groups excluding carboxylic acids is 2. The molecule has 114 valence electrons. The van der Waals surface area contributed by atoms with E-state index in [-0.39, 0.29) is 17.7 Å². The van der Waals surface area contributed by atoms with E-state index in [1.807, 2.05) is 38.1 Å². The molecule has 1 aliphatic heterocycles. The summed E-state index contributed by atoms with van der Waals surface area (Å²) >= 11 is 0. The van der Waals surface area contributed by atoms with Gasteiger partial charge in [-0.05, 0) is 25.3 Å². The number of rotatable bonds is 5. The van der Waals surface area contributed by atoms with Gasteiger partial charge in [-0.2, -0.15) is 0 Å².